The van der Waals surface area contributed by atoms with E-state index in [-0.39, 0.29) is 0 Å². The van der Waals surface area contributed by atoms with Gasteiger partial charge in [0.05, 0.1) is 11.9 Å². The van der Waals surface area contributed by atoms with Crippen LogP contribution in [0.4, 0.5) is 5.13 Å². The summed E-state index contributed by atoms with van der Waals surface area (Å²) < 4.78 is 5.79. The van der Waals surface area contributed by atoms with E-state index in [0.29, 0.717) is 16.7 Å². The second-order valence-electron chi connectivity index (χ2n) is 6.36. The number of benzene rings is 3. The number of ether oxygens (including phenoxy) is 1. The van der Waals surface area contributed by atoms with Crippen LogP contribution in [0.15, 0.2) is 83.3 Å². The fourth-order valence-corrected chi connectivity index (χ4v) is 3.65. The van der Waals surface area contributed by atoms with Crippen molar-refractivity contribution in [3.05, 3.63) is 99.3 Å². The molecule has 0 spiro atoms. The highest BCUT2D eigenvalue weighted by molar-refractivity contribution is 7.14. The first-order valence-electron chi connectivity index (χ1n) is 9.14. The normalized spacial score (nSPS) is 11.0. The molecule has 0 fully saturated rings. The molecule has 1 aromatic heterocycles. The molecule has 1 N–H and O–H groups in total. The average Bonchev–Trinajstić information content (AvgIpc) is 3.23. The molecule has 4 nitrogen and oxygen atoms in total. The van der Waals surface area contributed by atoms with Gasteiger partial charge in [-0.2, -0.15) is 5.10 Å². The summed E-state index contributed by atoms with van der Waals surface area (Å²) in [6.07, 6.45) is 1.74. The fourth-order valence-electron chi connectivity index (χ4n) is 2.67. The standard InChI is InChI=1S/C23H17Cl2N3OS/c24-19-9-7-17(8-10-19)22-15-30-23(27-22)28-26-13-16-5-11-20(12-6-16)29-14-18-3-1-2-4-21(18)25/h1-13,15H,14H2,(H,27,28)/b26-13-. The van der Waals surface area contributed by atoms with Crippen LogP contribution >= 0.6 is 34.5 Å². The highest BCUT2D eigenvalue weighted by Gasteiger charge is 2.04. The van der Waals surface area contributed by atoms with Gasteiger partial charge in [0.15, 0.2) is 0 Å². The van der Waals surface area contributed by atoms with E-state index in [2.05, 4.69) is 15.5 Å². The SMILES string of the molecule is Clc1ccc(-c2csc(N/N=C\c3ccc(OCc4ccccc4Cl)cc3)n2)cc1. The van der Waals surface area contributed by atoms with Crippen molar-refractivity contribution in [1.29, 1.82) is 0 Å². The number of aromatic nitrogens is 1. The molecule has 0 saturated heterocycles. The number of nitrogens with one attached hydrogen (secondary N) is 1. The van der Waals surface area contributed by atoms with Gasteiger partial charge in [0.2, 0.25) is 5.13 Å². The first-order chi connectivity index (χ1) is 14.7. The van der Waals surface area contributed by atoms with Crippen molar-refractivity contribution in [2.75, 3.05) is 5.43 Å². The van der Waals surface area contributed by atoms with Crippen LogP contribution in [-0.4, -0.2) is 11.2 Å². The molecule has 0 amide bonds. The van der Waals surface area contributed by atoms with Gasteiger partial charge in [-0.15, -0.1) is 11.3 Å². The van der Waals surface area contributed by atoms with Gasteiger partial charge in [-0.3, -0.25) is 5.43 Å². The Hall–Kier alpha value is -2.86. The predicted octanol–water partition coefficient (Wildman–Crippen LogP) is 7.14. The molecular formula is C23H17Cl2N3OS. The molecule has 0 saturated carbocycles. The summed E-state index contributed by atoms with van der Waals surface area (Å²) in [5.74, 6) is 0.771. The van der Waals surface area contributed by atoms with Crippen LogP contribution in [0.25, 0.3) is 11.3 Å². The number of hydrogen-bond acceptors (Lipinski definition) is 5. The molecule has 1 heterocycles. The van der Waals surface area contributed by atoms with Crippen molar-refractivity contribution in [3.63, 3.8) is 0 Å². The maximum atomic E-state index is 6.15. The Bertz CT molecular complexity index is 1140. The number of hydrazone groups is 1. The molecule has 4 rings (SSSR count). The molecule has 0 bridgehead atoms. The predicted molar refractivity (Wildman–Crippen MR) is 126 cm³/mol. The third-order valence-corrected chi connectivity index (χ3v) is 5.62. The Morgan fingerprint density at radius 2 is 1.73 bits per heavy atom. The van der Waals surface area contributed by atoms with E-state index in [0.717, 1.165) is 33.3 Å². The number of hydrogen-bond donors (Lipinski definition) is 1. The van der Waals surface area contributed by atoms with Gasteiger partial charge in [-0.05, 0) is 48.0 Å². The van der Waals surface area contributed by atoms with Crippen LogP contribution in [0.5, 0.6) is 5.75 Å². The van der Waals surface area contributed by atoms with Crippen molar-refractivity contribution in [2.45, 2.75) is 6.61 Å². The first-order valence-corrected chi connectivity index (χ1v) is 10.8. The minimum Gasteiger partial charge on any atom is -0.489 e. The van der Waals surface area contributed by atoms with E-state index < -0.39 is 0 Å². The van der Waals surface area contributed by atoms with Crippen LogP contribution in [0, 0.1) is 0 Å². The Morgan fingerprint density at radius 1 is 0.967 bits per heavy atom. The summed E-state index contributed by atoms with van der Waals surface area (Å²) in [5, 5.41) is 8.37. The minimum absolute atomic E-state index is 0.425. The van der Waals surface area contributed by atoms with E-state index in [9.17, 15) is 0 Å². The zero-order chi connectivity index (χ0) is 20.8. The lowest BCUT2D eigenvalue weighted by atomic mass is 10.2. The quantitative estimate of drug-likeness (QED) is 0.238. The average molecular weight is 454 g/mol. The van der Waals surface area contributed by atoms with Gasteiger partial charge < -0.3 is 4.74 Å². The highest BCUT2D eigenvalue weighted by Crippen LogP contribution is 2.26. The van der Waals surface area contributed by atoms with E-state index in [1.54, 1.807) is 6.21 Å². The third-order valence-electron chi connectivity index (χ3n) is 4.25. The molecular weight excluding hydrogens is 437 g/mol. The lowest BCUT2D eigenvalue weighted by Crippen LogP contribution is -1.96. The molecule has 0 aliphatic carbocycles. The Kier molecular flexibility index (Phi) is 6.64. The molecule has 0 unspecified atom stereocenters. The third kappa shape index (κ3) is 5.39. The monoisotopic (exact) mass is 453 g/mol. The van der Waals surface area contributed by atoms with Gasteiger partial charge in [0.1, 0.15) is 12.4 Å². The summed E-state index contributed by atoms with van der Waals surface area (Å²) in [6.45, 7) is 0.425. The van der Waals surface area contributed by atoms with Crippen molar-refractivity contribution in [3.8, 4) is 17.0 Å². The van der Waals surface area contributed by atoms with Gasteiger partial charge >= 0.3 is 0 Å². The van der Waals surface area contributed by atoms with E-state index >= 15 is 0 Å². The number of rotatable bonds is 7. The molecule has 30 heavy (non-hydrogen) atoms. The number of thiazole rings is 1. The summed E-state index contributed by atoms with van der Waals surface area (Å²) in [4.78, 5) is 4.54. The summed E-state index contributed by atoms with van der Waals surface area (Å²) in [6, 6.07) is 22.9. The van der Waals surface area contributed by atoms with Gasteiger partial charge in [0.25, 0.3) is 0 Å². The second-order valence-corrected chi connectivity index (χ2v) is 8.07. The van der Waals surface area contributed by atoms with E-state index in [4.69, 9.17) is 27.9 Å². The maximum Gasteiger partial charge on any atom is 0.203 e. The fraction of sp³-hybridized carbons (Fsp3) is 0.0435. The number of halogens is 2. The van der Waals surface area contributed by atoms with Crippen molar-refractivity contribution in [2.24, 2.45) is 5.10 Å². The van der Waals surface area contributed by atoms with Crippen LogP contribution in [-0.2, 0) is 6.61 Å². The van der Waals surface area contributed by atoms with Gasteiger partial charge in [-0.1, -0.05) is 53.5 Å². The zero-order valence-corrected chi connectivity index (χ0v) is 18.1. The van der Waals surface area contributed by atoms with Gasteiger partial charge in [-0.25, -0.2) is 4.98 Å². The van der Waals surface area contributed by atoms with Crippen LogP contribution in [0.2, 0.25) is 10.0 Å². The molecule has 0 aliphatic heterocycles. The van der Waals surface area contributed by atoms with E-state index in [1.807, 2.05) is 78.2 Å². The largest absolute Gasteiger partial charge is 0.489 e. The molecule has 7 heteroatoms. The summed E-state index contributed by atoms with van der Waals surface area (Å²) in [7, 11) is 0. The maximum absolute atomic E-state index is 6.15. The van der Waals surface area contributed by atoms with E-state index in [1.165, 1.54) is 11.3 Å². The molecule has 0 radical (unpaired) electrons. The summed E-state index contributed by atoms with van der Waals surface area (Å²) in [5.41, 5.74) is 6.77. The summed E-state index contributed by atoms with van der Waals surface area (Å²) >= 11 is 13.6. The minimum atomic E-state index is 0.425. The highest BCUT2D eigenvalue weighted by atomic mass is 35.5. The molecule has 4 aromatic rings. The van der Waals surface area contributed by atoms with Crippen molar-refractivity contribution >= 4 is 45.9 Å². The van der Waals surface area contributed by atoms with Crippen LogP contribution in [0.1, 0.15) is 11.1 Å². The molecule has 3 aromatic carbocycles. The lowest BCUT2D eigenvalue weighted by molar-refractivity contribution is 0.306. The Labute approximate surface area is 188 Å². The molecule has 0 aliphatic rings. The first kappa shape index (κ1) is 20.4. The Morgan fingerprint density at radius 3 is 2.50 bits per heavy atom. The van der Waals surface area contributed by atoms with Crippen LogP contribution in [0.3, 0.4) is 0 Å². The second kappa shape index (κ2) is 9.76. The molecule has 150 valence electrons. The topological polar surface area (TPSA) is 46.5 Å². The van der Waals surface area contributed by atoms with Crippen LogP contribution < -0.4 is 10.2 Å². The van der Waals surface area contributed by atoms with Crippen molar-refractivity contribution in [1.82, 2.24) is 4.98 Å². The number of anilines is 1. The smallest absolute Gasteiger partial charge is 0.203 e. The van der Waals surface area contributed by atoms with Crippen molar-refractivity contribution < 1.29 is 4.74 Å². The lowest BCUT2D eigenvalue weighted by Gasteiger charge is -2.07. The zero-order valence-electron chi connectivity index (χ0n) is 15.8. The number of nitrogens with zero attached hydrogens (tertiary/aromatic N) is 2. The molecule has 0 atom stereocenters. The van der Waals surface area contributed by atoms with Gasteiger partial charge in [0, 0.05) is 26.6 Å². The Balaban J connectivity index is 1.31.